The first kappa shape index (κ1) is 18.3. The second-order valence-electron chi connectivity index (χ2n) is 5.40. The first-order valence-corrected chi connectivity index (χ1v) is 9.38. The third kappa shape index (κ3) is 4.49. The van der Waals surface area contributed by atoms with Crippen LogP contribution in [-0.2, 0) is 10.0 Å². The van der Waals surface area contributed by atoms with E-state index in [9.17, 15) is 13.2 Å². The minimum absolute atomic E-state index is 0.0486. The van der Waals surface area contributed by atoms with Crippen molar-refractivity contribution in [3.63, 3.8) is 0 Å². The number of carbonyl (C=O) groups excluding carboxylic acids is 1. The minimum Gasteiger partial charge on any atom is -0.350 e. The van der Waals surface area contributed by atoms with Crippen LogP contribution in [0.5, 0.6) is 0 Å². The number of anilines is 1. The molecule has 2 aromatic rings. The average Bonchev–Trinajstić information content (AvgIpc) is 2.57. The Hall–Kier alpha value is -2.05. The zero-order valence-corrected chi connectivity index (χ0v) is 15.0. The predicted molar refractivity (Wildman–Crippen MR) is 95.9 cm³/mol. The van der Waals surface area contributed by atoms with Crippen LogP contribution in [-0.4, -0.2) is 20.4 Å². The first-order valence-electron chi connectivity index (χ1n) is 7.51. The summed E-state index contributed by atoms with van der Waals surface area (Å²) >= 11 is 6.13. The fourth-order valence-electron chi connectivity index (χ4n) is 1.95. The molecule has 24 heavy (non-hydrogen) atoms. The van der Waals surface area contributed by atoms with E-state index in [0.29, 0.717) is 5.56 Å². The fourth-order valence-corrected chi connectivity index (χ4v) is 3.34. The van der Waals surface area contributed by atoms with Gasteiger partial charge in [-0.15, -0.1) is 0 Å². The van der Waals surface area contributed by atoms with Crippen LogP contribution in [0.4, 0.5) is 5.69 Å². The molecule has 0 aliphatic rings. The van der Waals surface area contributed by atoms with Gasteiger partial charge in [0.2, 0.25) is 0 Å². The Kier molecular flexibility index (Phi) is 5.85. The number of hydrogen-bond acceptors (Lipinski definition) is 3. The lowest BCUT2D eigenvalue weighted by Gasteiger charge is -2.13. The van der Waals surface area contributed by atoms with Crippen molar-refractivity contribution in [2.75, 3.05) is 4.72 Å². The van der Waals surface area contributed by atoms with Crippen LogP contribution in [0.2, 0.25) is 5.02 Å². The van der Waals surface area contributed by atoms with Gasteiger partial charge >= 0.3 is 0 Å². The van der Waals surface area contributed by atoms with E-state index >= 15 is 0 Å². The van der Waals surface area contributed by atoms with Crippen molar-refractivity contribution in [1.82, 2.24) is 5.32 Å². The van der Waals surface area contributed by atoms with E-state index < -0.39 is 10.0 Å². The Labute approximate surface area is 147 Å². The van der Waals surface area contributed by atoms with E-state index in [1.54, 1.807) is 18.2 Å². The second kappa shape index (κ2) is 7.68. The third-order valence-electron chi connectivity index (χ3n) is 3.52. The summed E-state index contributed by atoms with van der Waals surface area (Å²) in [6.45, 7) is 3.88. The van der Waals surface area contributed by atoms with Gasteiger partial charge < -0.3 is 5.32 Å². The van der Waals surface area contributed by atoms with Crippen LogP contribution in [0.3, 0.4) is 0 Å². The number of halogens is 1. The van der Waals surface area contributed by atoms with Gasteiger partial charge in [0.1, 0.15) is 0 Å². The van der Waals surface area contributed by atoms with Gasteiger partial charge in [0.05, 0.1) is 15.6 Å². The lowest BCUT2D eigenvalue weighted by atomic mass is 10.1. The molecule has 0 unspecified atom stereocenters. The molecule has 0 saturated carbocycles. The molecule has 128 valence electrons. The smallest absolute Gasteiger partial charge is 0.261 e. The van der Waals surface area contributed by atoms with Crippen LogP contribution in [0.1, 0.15) is 30.6 Å². The maximum absolute atomic E-state index is 12.3. The van der Waals surface area contributed by atoms with Crippen LogP contribution < -0.4 is 10.0 Å². The molecule has 7 heteroatoms. The number of benzene rings is 2. The van der Waals surface area contributed by atoms with Gasteiger partial charge in [-0.25, -0.2) is 8.42 Å². The zero-order valence-electron chi connectivity index (χ0n) is 13.4. The SMILES string of the molecule is CC[C@H](C)NC(=O)c1ccc(NS(=O)(=O)c2ccccc2)c(Cl)c1. The molecule has 0 heterocycles. The molecule has 0 aliphatic heterocycles. The van der Waals surface area contributed by atoms with Gasteiger partial charge in [-0.05, 0) is 43.7 Å². The van der Waals surface area contributed by atoms with Gasteiger partial charge in [0.15, 0.2) is 0 Å². The van der Waals surface area contributed by atoms with E-state index in [-0.39, 0.29) is 27.6 Å². The van der Waals surface area contributed by atoms with Crippen molar-refractivity contribution in [3.8, 4) is 0 Å². The average molecular weight is 367 g/mol. The summed E-state index contributed by atoms with van der Waals surface area (Å²) in [5.74, 6) is -0.247. The molecule has 0 bridgehead atoms. The summed E-state index contributed by atoms with van der Waals surface area (Å²) in [6.07, 6.45) is 0.814. The Balaban J connectivity index is 2.20. The van der Waals surface area contributed by atoms with E-state index in [2.05, 4.69) is 10.0 Å². The topological polar surface area (TPSA) is 75.3 Å². The molecule has 5 nitrogen and oxygen atoms in total. The quantitative estimate of drug-likeness (QED) is 0.819. The standard InChI is InChI=1S/C17H19ClN2O3S/c1-3-12(2)19-17(21)13-9-10-16(15(18)11-13)20-24(22,23)14-7-5-4-6-8-14/h4-12,20H,3H2,1-2H3,(H,19,21)/t12-/m0/s1. The number of amides is 1. The van der Waals surface area contributed by atoms with Crippen LogP contribution in [0.15, 0.2) is 53.4 Å². The minimum atomic E-state index is -3.73. The Morgan fingerprint density at radius 1 is 1.17 bits per heavy atom. The van der Waals surface area contributed by atoms with Crippen LogP contribution >= 0.6 is 11.6 Å². The van der Waals surface area contributed by atoms with Gasteiger partial charge in [0.25, 0.3) is 15.9 Å². The molecule has 1 atom stereocenters. The summed E-state index contributed by atoms with van der Waals surface area (Å²) in [4.78, 5) is 12.2. The number of rotatable bonds is 6. The maximum atomic E-state index is 12.3. The van der Waals surface area contributed by atoms with E-state index in [0.717, 1.165) is 6.42 Å². The van der Waals surface area contributed by atoms with Crippen LogP contribution in [0.25, 0.3) is 0 Å². The van der Waals surface area contributed by atoms with Crippen molar-refractivity contribution < 1.29 is 13.2 Å². The van der Waals surface area contributed by atoms with Gasteiger partial charge in [-0.3, -0.25) is 9.52 Å². The molecule has 0 fully saturated rings. The number of carbonyl (C=O) groups is 1. The monoisotopic (exact) mass is 366 g/mol. The van der Waals surface area contributed by atoms with Gasteiger partial charge in [-0.2, -0.15) is 0 Å². The Morgan fingerprint density at radius 3 is 2.42 bits per heavy atom. The number of sulfonamides is 1. The van der Waals surface area contributed by atoms with E-state index in [1.807, 2.05) is 13.8 Å². The fraction of sp³-hybridized carbons (Fsp3) is 0.235. The van der Waals surface area contributed by atoms with Gasteiger partial charge in [-0.1, -0.05) is 36.7 Å². The van der Waals surface area contributed by atoms with Crippen molar-refractivity contribution in [2.45, 2.75) is 31.2 Å². The molecule has 2 rings (SSSR count). The number of nitrogens with one attached hydrogen (secondary N) is 2. The normalized spacial score (nSPS) is 12.5. The third-order valence-corrected chi connectivity index (χ3v) is 5.21. The predicted octanol–water partition coefficient (Wildman–Crippen LogP) is 3.67. The summed E-state index contributed by atoms with van der Waals surface area (Å²) in [7, 11) is -3.73. The first-order chi connectivity index (χ1) is 11.3. The second-order valence-corrected chi connectivity index (χ2v) is 7.49. The molecule has 1 amide bonds. The zero-order chi connectivity index (χ0) is 17.7. The molecular weight excluding hydrogens is 348 g/mol. The van der Waals surface area contributed by atoms with Crippen molar-refractivity contribution in [3.05, 3.63) is 59.1 Å². The highest BCUT2D eigenvalue weighted by Crippen LogP contribution is 2.26. The van der Waals surface area contributed by atoms with Gasteiger partial charge in [0, 0.05) is 11.6 Å². The molecular formula is C17H19ClN2O3S. The molecule has 2 N–H and O–H groups in total. The highest BCUT2D eigenvalue weighted by atomic mass is 35.5. The summed E-state index contributed by atoms with van der Waals surface area (Å²) in [5, 5.41) is 2.99. The van der Waals surface area contributed by atoms with Crippen LogP contribution in [0, 0.1) is 0 Å². The van der Waals surface area contributed by atoms with Crippen molar-refractivity contribution in [2.24, 2.45) is 0 Å². The number of hydrogen-bond donors (Lipinski definition) is 2. The highest BCUT2D eigenvalue weighted by molar-refractivity contribution is 7.92. The molecule has 0 saturated heterocycles. The largest absolute Gasteiger partial charge is 0.350 e. The maximum Gasteiger partial charge on any atom is 0.261 e. The van der Waals surface area contributed by atoms with E-state index in [1.165, 1.54) is 30.3 Å². The highest BCUT2D eigenvalue weighted by Gasteiger charge is 2.16. The summed E-state index contributed by atoms with van der Waals surface area (Å²) < 4.78 is 27.0. The molecule has 0 spiro atoms. The van der Waals surface area contributed by atoms with Crippen molar-refractivity contribution >= 4 is 33.2 Å². The lowest BCUT2D eigenvalue weighted by molar-refractivity contribution is 0.0939. The summed E-state index contributed by atoms with van der Waals surface area (Å²) in [6, 6.07) is 12.5. The molecule has 0 aliphatic carbocycles. The van der Waals surface area contributed by atoms with Crippen molar-refractivity contribution in [1.29, 1.82) is 0 Å². The molecule has 0 aromatic heterocycles. The Morgan fingerprint density at radius 2 is 1.83 bits per heavy atom. The summed E-state index contributed by atoms with van der Waals surface area (Å²) in [5.41, 5.74) is 0.601. The lowest BCUT2D eigenvalue weighted by Crippen LogP contribution is -2.31. The van der Waals surface area contributed by atoms with E-state index in [4.69, 9.17) is 11.6 Å². The Bertz CT molecular complexity index is 823. The molecule has 2 aromatic carbocycles. The molecule has 0 radical (unpaired) electrons.